The zero-order chi connectivity index (χ0) is 11.7. The number of hydrogen-bond acceptors (Lipinski definition) is 3. The molecule has 6 nitrogen and oxygen atoms in total. The summed E-state index contributed by atoms with van der Waals surface area (Å²) in [4.78, 5) is 14.8. The van der Waals surface area contributed by atoms with Crippen LogP contribution in [0.2, 0.25) is 0 Å². The Hall–Kier alpha value is -2.11. The zero-order valence-electron chi connectivity index (χ0n) is 9.01. The van der Waals surface area contributed by atoms with Gasteiger partial charge in [0.1, 0.15) is 0 Å². The number of nitrogens with one attached hydrogen (secondary N) is 1. The molecule has 0 aromatic carbocycles. The average Bonchev–Trinajstić information content (AvgIpc) is 2.59. The smallest absolute Gasteiger partial charge is 0.409 e. The van der Waals surface area contributed by atoms with Crippen LogP contribution in [-0.2, 0) is 0 Å². The third kappa shape index (κ3) is 1.95. The van der Waals surface area contributed by atoms with Crippen molar-refractivity contribution in [2.75, 3.05) is 5.32 Å². The first-order chi connectivity index (χ1) is 7.56. The molecule has 0 saturated carbocycles. The van der Waals surface area contributed by atoms with Crippen molar-refractivity contribution < 1.29 is 9.90 Å². The fraction of sp³-hybridized carbons (Fsp3) is 0.300. The molecule has 0 unspecified atom stereocenters. The molecule has 2 N–H and O–H groups in total. The van der Waals surface area contributed by atoms with Gasteiger partial charge in [0.15, 0.2) is 11.5 Å². The van der Waals surface area contributed by atoms with Crippen molar-refractivity contribution in [3.63, 3.8) is 0 Å². The van der Waals surface area contributed by atoms with E-state index in [1.165, 1.54) is 0 Å². The van der Waals surface area contributed by atoms with E-state index in [1.807, 2.05) is 13.8 Å². The fourth-order valence-corrected chi connectivity index (χ4v) is 1.34. The first kappa shape index (κ1) is 10.4. The summed E-state index contributed by atoms with van der Waals surface area (Å²) in [6.07, 6.45) is 0.590. The van der Waals surface area contributed by atoms with Crippen molar-refractivity contribution in [2.24, 2.45) is 0 Å². The van der Waals surface area contributed by atoms with Crippen molar-refractivity contribution in [2.45, 2.75) is 19.8 Å². The number of carboxylic acid groups (broad SMARTS) is 1. The summed E-state index contributed by atoms with van der Waals surface area (Å²) in [5.41, 5.74) is 1.12. The summed E-state index contributed by atoms with van der Waals surface area (Å²) >= 11 is 0. The second-order valence-corrected chi connectivity index (χ2v) is 3.77. The average molecular weight is 220 g/mol. The minimum atomic E-state index is -1.09. The normalized spacial score (nSPS) is 10.9. The fourth-order valence-electron chi connectivity index (χ4n) is 1.34. The molecule has 0 bridgehead atoms. The highest BCUT2D eigenvalue weighted by molar-refractivity contribution is 5.83. The third-order valence-electron chi connectivity index (χ3n) is 2.12. The summed E-state index contributed by atoms with van der Waals surface area (Å²) in [7, 11) is 0. The van der Waals surface area contributed by atoms with Crippen LogP contribution >= 0.6 is 0 Å². The van der Waals surface area contributed by atoms with Gasteiger partial charge in [0.05, 0.1) is 0 Å². The molecule has 2 aromatic heterocycles. The molecular weight excluding hydrogens is 208 g/mol. The number of amides is 1. The molecule has 0 aliphatic heterocycles. The number of carbonyl (C=O) groups is 1. The molecular formula is C10H12N4O2. The van der Waals surface area contributed by atoms with Gasteiger partial charge in [-0.1, -0.05) is 13.8 Å². The first-order valence-corrected chi connectivity index (χ1v) is 4.92. The molecule has 16 heavy (non-hydrogen) atoms. The van der Waals surface area contributed by atoms with Gasteiger partial charge >= 0.3 is 6.09 Å². The Bertz CT molecular complexity index is 533. The highest BCUT2D eigenvalue weighted by Gasteiger charge is 2.08. The molecule has 0 atom stereocenters. The van der Waals surface area contributed by atoms with Gasteiger partial charge in [-0.15, -0.1) is 0 Å². The van der Waals surface area contributed by atoms with E-state index in [0.717, 1.165) is 5.82 Å². The van der Waals surface area contributed by atoms with Crippen LogP contribution in [0.1, 0.15) is 25.6 Å². The van der Waals surface area contributed by atoms with E-state index in [2.05, 4.69) is 15.4 Å². The first-order valence-electron chi connectivity index (χ1n) is 4.92. The number of rotatable bonds is 2. The van der Waals surface area contributed by atoms with Crippen molar-refractivity contribution in [1.29, 1.82) is 0 Å². The van der Waals surface area contributed by atoms with Gasteiger partial charge in [0.25, 0.3) is 0 Å². The maximum atomic E-state index is 10.5. The third-order valence-corrected chi connectivity index (χ3v) is 2.12. The highest BCUT2D eigenvalue weighted by atomic mass is 16.4. The number of anilines is 1. The van der Waals surface area contributed by atoms with E-state index in [1.54, 1.807) is 22.8 Å². The Labute approximate surface area is 91.9 Å². The molecule has 2 rings (SSSR count). The molecule has 0 fully saturated rings. The number of aromatic nitrogens is 3. The lowest BCUT2D eigenvalue weighted by Gasteiger charge is -1.99. The second kappa shape index (κ2) is 3.80. The van der Waals surface area contributed by atoms with Crippen LogP contribution in [0.4, 0.5) is 10.5 Å². The molecule has 2 aromatic rings. The van der Waals surface area contributed by atoms with E-state index in [-0.39, 0.29) is 5.92 Å². The summed E-state index contributed by atoms with van der Waals surface area (Å²) in [6, 6.07) is 3.28. The molecule has 2 heterocycles. The molecule has 6 heteroatoms. The number of nitrogens with zero attached hydrogens (tertiary/aromatic N) is 3. The SMILES string of the molecule is CC(C)c1nc2cc(NC(=O)O)ccn2n1. The van der Waals surface area contributed by atoms with Crippen LogP contribution in [-0.4, -0.2) is 25.8 Å². The number of pyridine rings is 1. The van der Waals surface area contributed by atoms with E-state index >= 15 is 0 Å². The van der Waals surface area contributed by atoms with Crippen molar-refractivity contribution in [1.82, 2.24) is 14.6 Å². The molecule has 0 radical (unpaired) electrons. The molecule has 1 amide bonds. The lowest BCUT2D eigenvalue weighted by molar-refractivity contribution is 0.210. The van der Waals surface area contributed by atoms with Gasteiger partial charge in [-0.3, -0.25) is 5.32 Å². The predicted molar refractivity (Wildman–Crippen MR) is 58.7 cm³/mol. The summed E-state index contributed by atoms with van der Waals surface area (Å²) in [5.74, 6) is 0.989. The van der Waals surface area contributed by atoms with Gasteiger partial charge < -0.3 is 5.11 Å². The maximum Gasteiger partial charge on any atom is 0.409 e. The summed E-state index contributed by atoms with van der Waals surface area (Å²) in [6.45, 7) is 4.01. The van der Waals surface area contributed by atoms with Crippen LogP contribution in [0.15, 0.2) is 18.3 Å². The largest absolute Gasteiger partial charge is 0.465 e. The monoisotopic (exact) mass is 220 g/mol. The Morgan fingerprint density at radius 1 is 1.56 bits per heavy atom. The van der Waals surface area contributed by atoms with Gasteiger partial charge in [0.2, 0.25) is 0 Å². The minimum Gasteiger partial charge on any atom is -0.465 e. The van der Waals surface area contributed by atoms with Crippen LogP contribution < -0.4 is 5.32 Å². The Kier molecular flexibility index (Phi) is 2.47. The van der Waals surface area contributed by atoms with E-state index < -0.39 is 6.09 Å². The van der Waals surface area contributed by atoms with Crippen molar-refractivity contribution in [3.8, 4) is 0 Å². The molecule has 0 aliphatic rings. The van der Waals surface area contributed by atoms with Crippen LogP contribution in [0.5, 0.6) is 0 Å². The Morgan fingerprint density at radius 2 is 2.31 bits per heavy atom. The Balaban J connectivity index is 2.41. The number of fused-ring (bicyclic) bond motifs is 1. The van der Waals surface area contributed by atoms with Crippen LogP contribution in [0.25, 0.3) is 5.65 Å². The van der Waals surface area contributed by atoms with Crippen molar-refractivity contribution >= 4 is 17.4 Å². The molecule has 0 saturated heterocycles. The summed E-state index contributed by atoms with van der Waals surface area (Å²) in [5, 5.41) is 15.1. The van der Waals surface area contributed by atoms with Gasteiger partial charge in [0, 0.05) is 23.9 Å². The van der Waals surface area contributed by atoms with Crippen LogP contribution in [0, 0.1) is 0 Å². The second-order valence-electron chi connectivity index (χ2n) is 3.77. The minimum absolute atomic E-state index is 0.246. The zero-order valence-corrected chi connectivity index (χ0v) is 9.01. The quantitative estimate of drug-likeness (QED) is 0.810. The molecule has 0 aliphatic carbocycles. The van der Waals surface area contributed by atoms with E-state index in [0.29, 0.717) is 11.3 Å². The highest BCUT2D eigenvalue weighted by Crippen LogP contribution is 2.14. The van der Waals surface area contributed by atoms with Gasteiger partial charge in [-0.2, -0.15) is 5.10 Å². The predicted octanol–water partition coefficient (Wildman–Crippen LogP) is 1.94. The Morgan fingerprint density at radius 3 is 2.94 bits per heavy atom. The summed E-state index contributed by atoms with van der Waals surface area (Å²) < 4.78 is 1.63. The van der Waals surface area contributed by atoms with E-state index in [9.17, 15) is 4.79 Å². The molecule has 84 valence electrons. The topological polar surface area (TPSA) is 79.5 Å². The lowest BCUT2D eigenvalue weighted by atomic mass is 10.2. The van der Waals surface area contributed by atoms with E-state index in [4.69, 9.17) is 5.11 Å². The maximum absolute atomic E-state index is 10.5. The lowest BCUT2D eigenvalue weighted by Crippen LogP contribution is -2.07. The molecule has 0 spiro atoms. The van der Waals surface area contributed by atoms with Gasteiger partial charge in [-0.05, 0) is 6.07 Å². The van der Waals surface area contributed by atoms with Gasteiger partial charge in [-0.25, -0.2) is 14.3 Å². The van der Waals surface area contributed by atoms with Crippen molar-refractivity contribution in [3.05, 3.63) is 24.2 Å². The van der Waals surface area contributed by atoms with Crippen LogP contribution in [0.3, 0.4) is 0 Å². The number of hydrogen-bond donors (Lipinski definition) is 2. The standard InChI is InChI=1S/C10H12N4O2/c1-6(2)9-12-8-5-7(11-10(15)16)3-4-14(8)13-9/h3-6,11H,1-2H3,(H,15,16).